The normalized spacial score (nSPS) is 19.5. The fourth-order valence-electron chi connectivity index (χ4n) is 3.25. The number of hydrogen-bond donors (Lipinski definition) is 2. The predicted octanol–water partition coefficient (Wildman–Crippen LogP) is 3.46. The SMILES string of the molecule is Cc1ccc(C2CC2c2cnc3[nH]cc(C(=O)NC(C)(C)C)c3n2)cn1. The number of aromatic amines is 1. The number of nitrogens with one attached hydrogen (secondary N) is 2. The van der Waals surface area contributed by atoms with Crippen LogP contribution in [0.1, 0.15) is 66.3 Å². The lowest BCUT2D eigenvalue weighted by Crippen LogP contribution is -2.40. The Hall–Kier alpha value is -2.76. The zero-order chi connectivity index (χ0) is 18.5. The van der Waals surface area contributed by atoms with Crippen molar-refractivity contribution in [3.8, 4) is 0 Å². The minimum Gasteiger partial charge on any atom is -0.347 e. The predicted molar refractivity (Wildman–Crippen MR) is 100 cm³/mol. The van der Waals surface area contributed by atoms with Crippen molar-refractivity contribution in [1.29, 1.82) is 0 Å². The number of aryl methyl sites for hydroxylation is 1. The molecule has 0 aromatic carbocycles. The molecule has 134 valence electrons. The smallest absolute Gasteiger partial charge is 0.255 e. The van der Waals surface area contributed by atoms with E-state index in [-0.39, 0.29) is 11.4 Å². The molecule has 3 heterocycles. The first-order valence-corrected chi connectivity index (χ1v) is 8.91. The number of pyridine rings is 1. The van der Waals surface area contributed by atoms with Gasteiger partial charge >= 0.3 is 0 Å². The summed E-state index contributed by atoms with van der Waals surface area (Å²) in [5.74, 6) is 0.635. The topological polar surface area (TPSA) is 83.6 Å². The molecule has 0 spiro atoms. The van der Waals surface area contributed by atoms with Crippen molar-refractivity contribution >= 4 is 17.1 Å². The van der Waals surface area contributed by atoms with Crippen molar-refractivity contribution in [3.05, 3.63) is 53.2 Å². The zero-order valence-corrected chi connectivity index (χ0v) is 15.5. The third-order valence-electron chi connectivity index (χ3n) is 4.67. The molecule has 6 nitrogen and oxygen atoms in total. The van der Waals surface area contributed by atoms with E-state index in [2.05, 4.69) is 26.3 Å². The van der Waals surface area contributed by atoms with Gasteiger partial charge < -0.3 is 10.3 Å². The minimum atomic E-state index is -0.300. The van der Waals surface area contributed by atoms with E-state index in [0.29, 0.717) is 28.6 Å². The van der Waals surface area contributed by atoms with Crippen LogP contribution in [0.5, 0.6) is 0 Å². The molecular formula is C20H23N5O. The first-order chi connectivity index (χ1) is 12.3. The number of H-pyrrole nitrogens is 1. The second-order valence-electron chi connectivity index (χ2n) is 8.08. The highest BCUT2D eigenvalue weighted by Crippen LogP contribution is 2.53. The van der Waals surface area contributed by atoms with Gasteiger partial charge in [0.05, 0.1) is 17.5 Å². The minimum absolute atomic E-state index is 0.134. The number of carbonyl (C=O) groups excluding carboxylic acids is 1. The molecule has 4 rings (SSSR count). The molecule has 3 aromatic heterocycles. The van der Waals surface area contributed by atoms with Gasteiger partial charge in [-0.05, 0) is 51.7 Å². The van der Waals surface area contributed by atoms with Crippen LogP contribution < -0.4 is 5.32 Å². The summed E-state index contributed by atoms with van der Waals surface area (Å²) < 4.78 is 0. The van der Waals surface area contributed by atoms with Gasteiger partial charge in [0.2, 0.25) is 0 Å². The molecule has 0 aliphatic heterocycles. The lowest BCUT2D eigenvalue weighted by Gasteiger charge is -2.20. The van der Waals surface area contributed by atoms with Crippen LogP contribution in [0, 0.1) is 6.92 Å². The van der Waals surface area contributed by atoms with E-state index in [1.165, 1.54) is 5.56 Å². The molecule has 0 saturated heterocycles. The lowest BCUT2D eigenvalue weighted by molar-refractivity contribution is 0.0921. The third-order valence-corrected chi connectivity index (χ3v) is 4.67. The highest BCUT2D eigenvalue weighted by molar-refractivity contribution is 6.04. The molecule has 3 aromatic rings. The molecule has 6 heteroatoms. The maximum atomic E-state index is 12.5. The van der Waals surface area contributed by atoms with E-state index < -0.39 is 0 Å². The Morgan fingerprint density at radius 2 is 2.00 bits per heavy atom. The van der Waals surface area contributed by atoms with Crippen molar-refractivity contribution in [2.45, 2.75) is 51.5 Å². The Kier molecular flexibility index (Phi) is 3.79. The Balaban J connectivity index is 1.61. The largest absolute Gasteiger partial charge is 0.347 e. The molecule has 1 amide bonds. The van der Waals surface area contributed by atoms with E-state index in [9.17, 15) is 4.79 Å². The lowest BCUT2D eigenvalue weighted by atomic mass is 10.1. The van der Waals surface area contributed by atoms with Gasteiger partial charge in [0, 0.05) is 29.5 Å². The Morgan fingerprint density at radius 3 is 2.69 bits per heavy atom. The molecule has 2 unspecified atom stereocenters. The molecule has 0 bridgehead atoms. The van der Waals surface area contributed by atoms with Gasteiger partial charge in [0.1, 0.15) is 5.52 Å². The van der Waals surface area contributed by atoms with Crippen LogP contribution >= 0.6 is 0 Å². The first-order valence-electron chi connectivity index (χ1n) is 8.91. The van der Waals surface area contributed by atoms with Crippen LogP contribution in [-0.2, 0) is 0 Å². The van der Waals surface area contributed by atoms with Crippen LogP contribution in [-0.4, -0.2) is 31.4 Å². The highest BCUT2D eigenvalue weighted by atomic mass is 16.1. The second-order valence-corrected chi connectivity index (χ2v) is 8.08. The third kappa shape index (κ3) is 3.19. The van der Waals surface area contributed by atoms with Gasteiger partial charge in [-0.3, -0.25) is 9.78 Å². The summed E-state index contributed by atoms with van der Waals surface area (Å²) in [6, 6.07) is 4.18. The summed E-state index contributed by atoms with van der Waals surface area (Å²) in [5.41, 5.74) is 4.72. The number of hydrogen-bond acceptors (Lipinski definition) is 4. The van der Waals surface area contributed by atoms with Crippen molar-refractivity contribution in [1.82, 2.24) is 25.3 Å². The monoisotopic (exact) mass is 349 g/mol. The average Bonchev–Trinajstić information content (AvgIpc) is 3.25. The van der Waals surface area contributed by atoms with Crippen molar-refractivity contribution in [3.63, 3.8) is 0 Å². The molecule has 2 N–H and O–H groups in total. The summed E-state index contributed by atoms with van der Waals surface area (Å²) in [6.07, 6.45) is 6.49. The Labute approximate surface area is 152 Å². The molecule has 26 heavy (non-hydrogen) atoms. The van der Waals surface area contributed by atoms with Crippen LogP contribution in [0.3, 0.4) is 0 Å². The zero-order valence-electron chi connectivity index (χ0n) is 15.5. The van der Waals surface area contributed by atoms with Crippen LogP contribution in [0.15, 0.2) is 30.7 Å². The number of aromatic nitrogens is 4. The maximum Gasteiger partial charge on any atom is 0.255 e. The molecule has 1 fully saturated rings. The molecule has 1 aliphatic rings. The Bertz CT molecular complexity index is 968. The van der Waals surface area contributed by atoms with Crippen LogP contribution in [0.25, 0.3) is 11.2 Å². The number of rotatable bonds is 3. The number of amides is 1. The fourth-order valence-corrected chi connectivity index (χ4v) is 3.25. The van der Waals surface area contributed by atoms with Gasteiger partial charge in [-0.15, -0.1) is 0 Å². The summed E-state index contributed by atoms with van der Waals surface area (Å²) in [5, 5.41) is 2.98. The molecule has 2 atom stereocenters. The van der Waals surface area contributed by atoms with Crippen molar-refractivity contribution < 1.29 is 4.79 Å². The second kappa shape index (κ2) is 5.90. The van der Waals surface area contributed by atoms with E-state index in [0.717, 1.165) is 17.8 Å². The van der Waals surface area contributed by atoms with Crippen molar-refractivity contribution in [2.24, 2.45) is 0 Å². The molecular weight excluding hydrogens is 326 g/mol. The van der Waals surface area contributed by atoms with Gasteiger partial charge in [0.25, 0.3) is 5.91 Å². The summed E-state index contributed by atoms with van der Waals surface area (Å²) in [4.78, 5) is 29.2. The summed E-state index contributed by atoms with van der Waals surface area (Å²) >= 11 is 0. The van der Waals surface area contributed by atoms with Crippen molar-refractivity contribution in [2.75, 3.05) is 0 Å². The standard InChI is InChI=1S/C20H23N5O/c1-11-5-6-12(8-21-11)13-7-14(13)16-10-23-18-17(24-16)15(9-22-18)19(26)25-20(2,3)4/h5-6,8-10,13-14H,7H2,1-4H3,(H,22,23)(H,25,26). The Morgan fingerprint density at radius 1 is 1.19 bits per heavy atom. The van der Waals surface area contributed by atoms with E-state index in [1.807, 2.05) is 46.2 Å². The maximum absolute atomic E-state index is 12.5. The summed E-state index contributed by atoms with van der Waals surface area (Å²) in [6.45, 7) is 7.87. The molecule has 0 radical (unpaired) electrons. The highest BCUT2D eigenvalue weighted by Gasteiger charge is 2.41. The number of nitrogens with zero attached hydrogens (tertiary/aromatic N) is 3. The number of fused-ring (bicyclic) bond motifs is 1. The molecule has 1 aliphatic carbocycles. The first kappa shape index (κ1) is 16.7. The molecule has 1 saturated carbocycles. The van der Waals surface area contributed by atoms with E-state index in [4.69, 9.17) is 4.98 Å². The summed E-state index contributed by atoms with van der Waals surface area (Å²) in [7, 11) is 0. The van der Waals surface area contributed by atoms with Crippen LogP contribution in [0.4, 0.5) is 0 Å². The van der Waals surface area contributed by atoms with Gasteiger partial charge in [0.15, 0.2) is 5.65 Å². The quantitative estimate of drug-likeness (QED) is 0.758. The van der Waals surface area contributed by atoms with E-state index >= 15 is 0 Å². The van der Waals surface area contributed by atoms with Gasteiger partial charge in [-0.1, -0.05) is 6.07 Å². The van der Waals surface area contributed by atoms with Gasteiger partial charge in [-0.25, -0.2) is 9.97 Å². The number of carbonyl (C=O) groups is 1. The fraction of sp³-hybridized carbons (Fsp3) is 0.400. The average molecular weight is 349 g/mol. The van der Waals surface area contributed by atoms with Crippen LogP contribution in [0.2, 0.25) is 0 Å². The van der Waals surface area contributed by atoms with E-state index in [1.54, 1.807) is 6.20 Å². The van der Waals surface area contributed by atoms with Gasteiger partial charge in [-0.2, -0.15) is 0 Å².